The Hall–Kier alpha value is -1.11. The molecule has 3 nitrogen and oxygen atoms in total. The van der Waals surface area contributed by atoms with Gasteiger partial charge in [0.15, 0.2) is 0 Å². The summed E-state index contributed by atoms with van der Waals surface area (Å²) in [7, 11) is 0. The number of β-amino-alcohol motifs (C(OH)–C–C–N with tert-alkyl or cyclic N) is 1. The first-order valence-corrected chi connectivity index (χ1v) is 7.12. The summed E-state index contributed by atoms with van der Waals surface area (Å²) in [5.74, 6) is 0. The van der Waals surface area contributed by atoms with Gasteiger partial charge in [0.25, 0.3) is 0 Å². The lowest BCUT2D eigenvalue weighted by atomic mass is 10.0. The number of hydrogen-bond donors (Lipinski definition) is 1. The summed E-state index contributed by atoms with van der Waals surface area (Å²) >= 11 is 0. The molecule has 0 atom stereocenters. The van der Waals surface area contributed by atoms with Crippen LogP contribution < -0.4 is 0 Å². The molecule has 1 aromatic rings. The molecule has 118 valence electrons. The normalized spacial score (nSPS) is 18.1. The molecule has 1 aromatic carbocycles. The molecule has 0 bridgehead atoms. The molecule has 0 amide bonds. The summed E-state index contributed by atoms with van der Waals surface area (Å²) in [6.07, 6.45) is -4.31. The Morgan fingerprint density at radius 1 is 1.10 bits per heavy atom. The predicted octanol–water partition coefficient (Wildman–Crippen LogP) is 2.12. The van der Waals surface area contributed by atoms with Gasteiger partial charge in [-0.05, 0) is 18.6 Å². The van der Waals surface area contributed by atoms with Gasteiger partial charge in [0.1, 0.15) is 0 Å². The van der Waals surface area contributed by atoms with Crippen molar-refractivity contribution in [1.29, 1.82) is 0 Å². The molecule has 1 heterocycles. The standard InChI is InChI=1S/C15H21F3N2O/c1-12-2-3-13(14(10-12)15(16,17)18)11-20-6-4-19(5-7-20)8-9-21/h2-3,10,21H,4-9,11H2,1H3. The lowest BCUT2D eigenvalue weighted by Gasteiger charge is -2.34. The highest BCUT2D eigenvalue weighted by Crippen LogP contribution is 2.33. The fourth-order valence-corrected chi connectivity index (χ4v) is 2.65. The van der Waals surface area contributed by atoms with Crippen molar-refractivity contribution < 1.29 is 18.3 Å². The smallest absolute Gasteiger partial charge is 0.395 e. The predicted molar refractivity (Wildman–Crippen MR) is 75.0 cm³/mol. The van der Waals surface area contributed by atoms with E-state index in [2.05, 4.69) is 4.90 Å². The van der Waals surface area contributed by atoms with Gasteiger partial charge >= 0.3 is 6.18 Å². The molecule has 0 radical (unpaired) electrons. The Kier molecular flexibility index (Phi) is 5.24. The number of benzene rings is 1. The first kappa shape index (κ1) is 16.3. The monoisotopic (exact) mass is 302 g/mol. The highest BCUT2D eigenvalue weighted by atomic mass is 19.4. The van der Waals surface area contributed by atoms with E-state index in [0.29, 0.717) is 24.2 Å². The second kappa shape index (κ2) is 6.77. The summed E-state index contributed by atoms with van der Waals surface area (Å²) in [6.45, 7) is 5.77. The van der Waals surface area contributed by atoms with Crippen LogP contribution in [0, 0.1) is 6.92 Å². The Labute approximate surface area is 123 Å². The highest BCUT2D eigenvalue weighted by Gasteiger charge is 2.33. The van der Waals surface area contributed by atoms with E-state index in [0.717, 1.165) is 26.2 Å². The molecule has 0 aliphatic carbocycles. The Morgan fingerprint density at radius 2 is 1.71 bits per heavy atom. The minimum Gasteiger partial charge on any atom is -0.395 e. The molecule has 21 heavy (non-hydrogen) atoms. The van der Waals surface area contributed by atoms with Gasteiger partial charge in [-0.1, -0.05) is 17.7 Å². The van der Waals surface area contributed by atoms with Crippen LogP contribution in [0.2, 0.25) is 0 Å². The topological polar surface area (TPSA) is 26.7 Å². The molecule has 1 aliphatic heterocycles. The van der Waals surface area contributed by atoms with E-state index < -0.39 is 11.7 Å². The molecule has 0 spiro atoms. The van der Waals surface area contributed by atoms with Crippen molar-refractivity contribution in [1.82, 2.24) is 9.80 Å². The van der Waals surface area contributed by atoms with Gasteiger partial charge in [0.05, 0.1) is 12.2 Å². The average Bonchev–Trinajstić information content (AvgIpc) is 2.42. The first-order valence-electron chi connectivity index (χ1n) is 7.12. The van der Waals surface area contributed by atoms with E-state index in [-0.39, 0.29) is 6.61 Å². The quantitative estimate of drug-likeness (QED) is 0.923. The maximum Gasteiger partial charge on any atom is 0.416 e. The van der Waals surface area contributed by atoms with Crippen molar-refractivity contribution in [3.05, 3.63) is 34.9 Å². The van der Waals surface area contributed by atoms with Gasteiger partial charge in [0, 0.05) is 39.3 Å². The third kappa shape index (κ3) is 4.43. The highest BCUT2D eigenvalue weighted by molar-refractivity contribution is 5.33. The van der Waals surface area contributed by atoms with Gasteiger partial charge in [-0.25, -0.2) is 0 Å². The van der Waals surface area contributed by atoms with Gasteiger partial charge in [-0.15, -0.1) is 0 Å². The zero-order chi connectivity index (χ0) is 15.5. The molecular weight excluding hydrogens is 281 g/mol. The molecule has 1 fully saturated rings. The van der Waals surface area contributed by atoms with Crippen molar-refractivity contribution in [3.8, 4) is 0 Å². The number of aliphatic hydroxyl groups is 1. The van der Waals surface area contributed by atoms with Crippen LogP contribution in [0.4, 0.5) is 13.2 Å². The lowest BCUT2D eigenvalue weighted by molar-refractivity contribution is -0.138. The van der Waals surface area contributed by atoms with Gasteiger partial charge in [-0.3, -0.25) is 9.80 Å². The molecular formula is C15H21F3N2O. The number of aryl methyl sites for hydroxylation is 1. The van der Waals surface area contributed by atoms with Crippen LogP contribution in [-0.2, 0) is 12.7 Å². The lowest BCUT2D eigenvalue weighted by Crippen LogP contribution is -2.46. The van der Waals surface area contributed by atoms with Crippen LogP contribution in [0.25, 0.3) is 0 Å². The zero-order valence-corrected chi connectivity index (χ0v) is 12.2. The average molecular weight is 302 g/mol. The summed E-state index contributed by atoms with van der Waals surface area (Å²) in [4.78, 5) is 4.16. The number of aliphatic hydroxyl groups excluding tert-OH is 1. The van der Waals surface area contributed by atoms with Crippen molar-refractivity contribution in [2.75, 3.05) is 39.3 Å². The number of alkyl halides is 3. The summed E-state index contributed by atoms with van der Waals surface area (Å²) < 4.78 is 39.3. The number of nitrogens with zero attached hydrogens (tertiary/aromatic N) is 2. The molecule has 1 saturated heterocycles. The molecule has 1 aliphatic rings. The minimum absolute atomic E-state index is 0.121. The third-order valence-electron chi connectivity index (χ3n) is 3.85. The maximum absolute atomic E-state index is 13.1. The van der Waals surface area contributed by atoms with Crippen molar-refractivity contribution in [2.24, 2.45) is 0 Å². The van der Waals surface area contributed by atoms with Crippen LogP contribution in [0.3, 0.4) is 0 Å². The van der Waals surface area contributed by atoms with E-state index in [9.17, 15) is 13.2 Å². The van der Waals surface area contributed by atoms with Crippen LogP contribution >= 0.6 is 0 Å². The van der Waals surface area contributed by atoms with Crippen molar-refractivity contribution in [3.63, 3.8) is 0 Å². The fraction of sp³-hybridized carbons (Fsp3) is 0.600. The SMILES string of the molecule is Cc1ccc(CN2CCN(CCO)CC2)c(C(F)(F)F)c1. The summed E-state index contributed by atoms with van der Waals surface area (Å²) in [5.41, 5.74) is 0.433. The number of piperazine rings is 1. The first-order chi connectivity index (χ1) is 9.90. The van der Waals surface area contributed by atoms with E-state index in [4.69, 9.17) is 5.11 Å². The Bertz CT molecular complexity index is 468. The van der Waals surface area contributed by atoms with Gasteiger partial charge in [-0.2, -0.15) is 13.2 Å². The molecule has 0 saturated carbocycles. The van der Waals surface area contributed by atoms with E-state index in [1.807, 2.05) is 4.90 Å². The fourth-order valence-electron chi connectivity index (χ4n) is 2.65. The van der Waals surface area contributed by atoms with Crippen LogP contribution in [-0.4, -0.2) is 54.2 Å². The second-order valence-corrected chi connectivity index (χ2v) is 5.50. The summed E-state index contributed by atoms with van der Waals surface area (Å²) in [5, 5.41) is 8.89. The number of hydrogen-bond acceptors (Lipinski definition) is 3. The van der Waals surface area contributed by atoms with E-state index in [1.54, 1.807) is 19.1 Å². The second-order valence-electron chi connectivity index (χ2n) is 5.50. The minimum atomic E-state index is -4.31. The van der Waals surface area contributed by atoms with Crippen molar-refractivity contribution >= 4 is 0 Å². The maximum atomic E-state index is 13.1. The van der Waals surface area contributed by atoms with Gasteiger partial charge in [0.2, 0.25) is 0 Å². The molecule has 1 N–H and O–H groups in total. The van der Waals surface area contributed by atoms with Crippen LogP contribution in [0.5, 0.6) is 0 Å². The van der Waals surface area contributed by atoms with Crippen LogP contribution in [0.15, 0.2) is 18.2 Å². The largest absolute Gasteiger partial charge is 0.416 e. The zero-order valence-electron chi connectivity index (χ0n) is 12.2. The van der Waals surface area contributed by atoms with Gasteiger partial charge < -0.3 is 5.11 Å². The third-order valence-corrected chi connectivity index (χ3v) is 3.85. The number of halogens is 3. The van der Waals surface area contributed by atoms with E-state index in [1.165, 1.54) is 6.07 Å². The van der Waals surface area contributed by atoms with E-state index >= 15 is 0 Å². The van der Waals surface area contributed by atoms with Crippen molar-refractivity contribution in [2.45, 2.75) is 19.6 Å². The molecule has 0 aromatic heterocycles. The Morgan fingerprint density at radius 3 is 2.29 bits per heavy atom. The summed E-state index contributed by atoms with van der Waals surface area (Å²) in [6, 6.07) is 4.53. The molecule has 0 unspecified atom stereocenters. The Balaban J connectivity index is 2.04. The molecule has 2 rings (SSSR count). The molecule has 6 heteroatoms. The van der Waals surface area contributed by atoms with Crippen LogP contribution in [0.1, 0.15) is 16.7 Å². The number of rotatable bonds is 4.